The van der Waals surface area contributed by atoms with Crippen LogP contribution in [-0.2, 0) is 4.79 Å². The number of carbonyl (C=O) groups is 2. The molecule has 3 rings (SSSR count). The minimum Gasteiger partial charge on any atom is -0.495 e. The standard InChI is InChI=1S/C20H18N2O4S/c1-25-17-6-3-2-5-16(17)22-19(23)13-27-15-10-8-14(9-11-15)21-20(24)18-7-4-12-26-18/h2-12H,13H2,1H3,(H,21,24)(H,22,23). The van der Waals surface area contributed by atoms with Gasteiger partial charge in [-0.05, 0) is 48.5 Å². The number of benzene rings is 2. The Morgan fingerprint density at radius 1 is 1.00 bits per heavy atom. The van der Waals surface area contributed by atoms with Gasteiger partial charge in [-0.25, -0.2) is 0 Å². The minimum absolute atomic E-state index is 0.125. The fraction of sp³-hybridized carbons (Fsp3) is 0.100. The molecule has 7 heteroatoms. The van der Waals surface area contributed by atoms with Gasteiger partial charge in [0.1, 0.15) is 5.75 Å². The fourth-order valence-corrected chi connectivity index (χ4v) is 3.02. The third-order valence-corrected chi connectivity index (χ3v) is 4.62. The summed E-state index contributed by atoms with van der Waals surface area (Å²) in [4.78, 5) is 25.0. The average molecular weight is 382 g/mol. The van der Waals surface area contributed by atoms with Gasteiger partial charge in [0, 0.05) is 10.6 Å². The van der Waals surface area contributed by atoms with E-state index in [2.05, 4.69) is 10.6 Å². The van der Waals surface area contributed by atoms with Gasteiger partial charge in [0.25, 0.3) is 5.91 Å². The number of hydrogen-bond donors (Lipinski definition) is 2. The minimum atomic E-state index is -0.309. The first-order valence-corrected chi connectivity index (χ1v) is 9.15. The van der Waals surface area contributed by atoms with Crippen LogP contribution in [0.4, 0.5) is 11.4 Å². The van der Waals surface area contributed by atoms with Crippen molar-refractivity contribution in [2.45, 2.75) is 4.90 Å². The van der Waals surface area contributed by atoms with E-state index in [1.165, 1.54) is 18.0 Å². The summed E-state index contributed by atoms with van der Waals surface area (Å²) in [5, 5.41) is 5.58. The van der Waals surface area contributed by atoms with E-state index in [9.17, 15) is 9.59 Å². The maximum Gasteiger partial charge on any atom is 0.291 e. The molecule has 2 amide bonds. The molecule has 0 atom stereocenters. The zero-order valence-corrected chi connectivity index (χ0v) is 15.4. The molecular weight excluding hydrogens is 364 g/mol. The molecule has 2 aromatic carbocycles. The Balaban J connectivity index is 1.51. The lowest BCUT2D eigenvalue weighted by Crippen LogP contribution is -2.14. The van der Waals surface area contributed by atoms with Gasteiger partial charge in [0.15, 0.2) is 5.76 Å². The molecule has 0 bridgehead atoms. The Hall–Kier alpha value is -3.19. The molecule has 0 fully saturated rings. The lowest BCUT2D eigenvalue weighted by atomic mass is 10.3. The normalized spacial score (nSPS) is 10.3. The van der Waals surface area contributed by atoms with Gasteiger partial charge >= 0.3 is 0 Å². The number of methoxy groups -OCH3 is 1. The first-order chi connectivity index (χ1) is 13.2. The molecule has 0 aliphatic heterocycles. The summed E-state index contributed by atoms with van der Waals surface area (Å²) in [6, 6.07) is 17.8. The van der Waals surface area contributed by atoms with Gasteiger partial charge < -0.3 is 19.8 Å². The average Bonchev–Trinajstić information content (AvgIpc) is 3.23. The molecule has 0 unspecified atom stereocenters. The van der Waals surface area contributed by atoms with Crippen molar-refractivity contribution < 1.29 is 18.7 Å². The van der Waals surface area contributed by atoms with E-state index < -0.39 is 0 Å². The first-order valence-electron chi connectivity index (χ1n) is 8.16. The zero-order valence-electron chi connectivity index (χ0n) is 14.6. The van der Waals surface area contributed by atoms with Crippen LogP contribution < -0.4 is 15.4 Å². The molecule has 2 N–H and O–H groups in total. The van der Waals surface area contributed by atoms with E-state index in [0.717, 1.165) is 4.90 Å². The molecule has 6 nitrogen and oxygen atoms in total. The Kier molecular flexibility index (Phi) is 6.17. The first kappa shape index (κ1) is 18.6. The number of carbonyl (C=O) groups excluding carboxylic acids is 2. The summed E-state index contributed by atoms with van der Waals surface area (Å²) < 4.78 is 10.3. The summed E-state index contributed by atoms with van der Waals surface area (Å²) in [6.45, 7) is 0. The highest BCUT2D eigenvalue weighted by molar-refractivity contribution is 8.00. The number of amides is 2. The highest BCUT2D eigenvalue weighted by Gasteiger charge is 2.10. The molecule has 0 saturated carbocycles. The molecule has 3 aromatic rings. The van der Waals surface area contributed by atoms with E-state index in [-0.39, 0.29) is 23.3 Å². The number of nitrogens with one attached hydrogen (secondary N) is 2. The summed E-state index contributed by atoms with van der Waals surface area (Å²) in [6.07, 6.45) is 1.45. The van der Waals surface area contributed by atoms with Crippen molar-refractivity contribution >= 4 is 35.0 Å². The van der Waals surface area contributed by atoms with Crippen LogP contribution in [0.25, 0.3) is 0 Å². The molecular formula is C20H18N2O4S. The Bertz CT molecular complexity index is 908. The zero-order chi connectivity index (χ0) is 19.1. The number of ether oxygens (including phenoxy) is 1. The van der Waals surface area contributed by atoms with Crippen LogP contribution in [0, 0.1) is 0 Å². The van der Waals surface area contributed by atoms with Crippen LogP contribution in [0.1, 0.15) is 10.6 Å². The number of para-hydroxylation sites is 2. The summed E-state index contributed by atoms with van der Waals surface area (Å²) in [7, 11) is 1.56. The van der Waals surface area contributed by atoms with E-state index >= 15 is 0 Å². The molecule has 138 valence electrons. The number of thioether (sulfide) groups is 1. The van der Waals surface area contributed by atoms with E-state index in [1.54, 1.807) is 43.5 Å². The van der Waals surface area contributed by atoms with Crippen LogP contribution in [-0.4, -0.2) is 24.7 Å². The number of furan rings is 1. The third kappa shape index (κ3) is 5.15. The Labute approximate surface area is 160 Å². The number of hydrogen-bond acceptors (Lipinski definition) is 5. The number of anilines is 2. The third-order valence-electron chi connectivity index (χ3n) is 3.61. The van der Waals surface area contributed by atoms with Crippen LogP contribution in [0.3, 0.4) is 0 Å². The smallest absolute Gasteiger partial charge is 0.291 e. The summed E-state index contributed by atoms with van der Waals surface area (Å²) in [5.74, 6) is 0.695. The van der Waals surface area contributed by atoms with Gasteiger partial charge in [-0.3, -0.25) is 9.59 Å². The molecule has 27 heavy (non-hydrogen) atoms. The fourth-order valence-electron chi connectivity index (χ4n) is 2.32. The molecule has 0 spiro atoms. The maximum absolute atomic E-state index is 12.1. The maximum atomic E-state index is 12.1. The molecule has 0 aliphatic rings. The van der Waals surface area contributed by atoms with E-state index in [4.69, 9.17) is 9.15 Å². The van der Waals surface area contributed by atoms with Crippen molar-refractivity contribution in [1.29, 1.82) is 0 Å². The second-order valence-corrected chi connectivity index (χ2v) is 6.54. The van der Waals surface area contributed by atoms with Crippen LogP contribution in [0.15, 0.2) is 76.2 Å². The van der Waals surface area contributed by atoms with Crippen molar-refractivity contribution in [2.24, 2.45) is 0 Å². The topological polar surface area (TPSA) is 80.6 Å². The molecule has 0 saturated heterocycles. The largest absolute Gasteiger partial charge is 0.495 e. The lowest BCUT2D eigenvalue weighted by Gasteiger charge is -2.10. The quantitative estimate of drug-likeness (QED) is 0.597. The summed E-state index contributed by atoms with van der Waals surface area (Å²) in [5.41, 5.74) is 1.29. The molecule has 0 aliphatic carbocycles. The molecule has 0 radical (unpaired) electrons. The lowest BCUT2D eigenvalue weighted by molar-refractivity contribution is -0.113. The summed E-state index contributed by atoms with van der Waals surface area (Å²) >= 11 is 1.40. The SMILES string of the molecule is COc1ccccc1NC(=O)CSc1ccc(NC(=O)c2ccco2)cc1. The van der Waals surface area contributed by atoms with Crippen molar-refractivity contribution in [1.82, 2.24) is 0 Å². The highest BCUT2D eigenvalue weighted by Crippen LogP contribution is 2.25. The monoisotopic (exact) mass is 382 g/mol. The second-order valence-electron chi connectivity index (χ2n) is 5.49. The van der Waals surface area contributed by atoms with Crippen molar-refractivity contribution in [3.63, 3.8) is 0 Å². The second kappa shape index (κ2) is 8.95. The molecule has 1 aromatic heterocycles. The van der Waals surface area contributed by atoms with E-state index in [0.29, 0.717) is 17.1 Å². The Morgan fingerprint density at radius 2 is 1.78 bits per heavy atom. The van der Waals surface area contributed by atoms with Crippen LogP contribution in [0.5, 0.6) is 5.75 Å². The predicted molar refractivity (Wildman–Crippen MR) is 105 cm³/mol. The van der Waals surface area contributed by atoms with Crippen LogP contribution in [0.2, 0.25) is 0 Å². The molecule has 1 heterocycles. The Morgan fingerprint density at radius 3 is 2.48 bits per heavy atom. The van der Waals surface area contributed by atoms with Crippen molar-refractivity contribution in [3.8, 4) is 5.75 Å². The van der Waals surface area contributed by atoms with Gasteiger partial charge in [-0.15, -0.1) is 11.8 Å². The van der Waals surface area contributed by atoms with Gasteiger partial charge in [0.2, 0.25) is 5.91 Å². The van der Waals surface area contributed by atoms with Gasteiger partial charge in [-0.2, -0.15) is 0 Å². The van der Waals surface area contributed by atoms with Crippen LogP contribution >= 0.6 is 11.8 Å². The number of rotatable bonds is 7. The van der Waals surface area contributed by atoms with Gasteiger partial charge in [-0.1, -0.05) is 12.1 Å². The highest BCUT2D eigenvalue weighted by atomic mass is 32.2. The van der Waals surface area contributed by atoms with Crippen molar-refractivity contribution in [2.75, 3.05) is 23.5 Å². The van der Waals surface area contributed by atoms with E-state index in [1.807, 2.05) is 24.3 Å². The van der Waals surface area contributed by atoms with Gasteiger partial charge in [0.05, 0.1) is 24.8 Å². The van der Waals surface area contributed by atoms with Crippen molar-refractivity contribution in [3.05, 3.63) is 72.7 Å². The predicted octanol–water partition coefficient (Wildman–Crippen LogP) is 4.27.